The van der Waals surface area contributed by atoms with Crippen molar-refractivity contribution in [2.24, 2.45) is 0 Å². The Labute approximate surface area is 192 Å². The van der Waals surface area contributed by atoms with E-state index < -0.39 is 15.6 Å². The summed E-state index contributed by atoms with van der Waals surface area (Å²) in [6.07, 6.45) is 10.1. The van der Waals surface area contributed by atoms with Crippen molar-refractivity contribution in [3.63, 3.8) is 0 Å². The third-order valence-electron chi connectivity index (χ3n) is 6.31. The molecule has 0 aromatic heterocycles. The van der Waals surface area contributed by atoms with E-state index in [-0.39, 0.29) is 20.8 Å². The smallest absolute Gasteiger partial charge is 0.211 e. The number of fused-ring (bicyclic) bond motifs is 4. The van der Waals surface area contributed by atoms with Crippen LogP contribution in [-0.2, 0) is 15.3 Å². The number of hydrogen-bond donors (Lipinski definition) is 0. The third-order valence-corrected chi connectivity index (χ3v) is 8.14. The van der Waals surface area contributed by atoms with E-state index in [0.29, 0.717) is 5.57 Å². The maximum Gasteiger partial charge on any atom is 0.211 e. The molecule has 5 rings (SSSR count). The van der Waals surface area contributed by atoms with Crippen LogP contribution in [0.3, 0.4) is 0 Å². The number of para-hydroxylation sites is 1. The van der Waals surface area contributed by atoms with Gasteiger partial charge in [0.1, 0.15) is 4.91 Å². The number of nitriles is 1. The second-order valence-electron chi connectivity index (χ2n) is 8.56. The largest absolute Gasteiger partial charge is 0.320 e. The van der Waals surface area contributed by atoms with Gasteiger partial charge in [-0.2, -0.15) is 5.26 Å². The van der Waals surface area contributed by atoms with Gasteiger partial charge >= 0.3 is 0 Å². The normalized spacial score (nSPS) is 22.1. The van der Waals surface area contributed by atoms with Crippen LogP contribution in [0.25, 0.3) is 0 Å². The van der Waals surface area contributed by atoms with Gasteiger partial charge in [-0.15, -0.1) is 0 Å². The molecule has 2 aromatic carbocycles. The Balaban J connectivity index is 1.51. The zero-order valence-electron chi connectivity index (χ0n) is 18.1. The molecule has 0 aliphatic carbocycles. The van der Waals surface area contributed by atoms with Gasteiger partial charge in [0, 0.05) is 28.6 Å². The predicted molar refractivity (Wildman–Crippen MR) is 127 cm³/mol. The number of rotatable bonds is 2. The highest BCUT2D eigenvalue weighted by atomic mass is 32.2. The van der Waals surface area contributed by atoms with E-state index in [9.17, 15) is 18.5 Å². The molecule has 0 radical (unpaired) electrons. The van der Waals surface area contributed by atoms with Crippen molar-refractivity contribution in [3.05, 3.63) is 118 Å². The minimum Gasteiger partial charge on any atom is -0.320 e. The van der Waals surface area contributed by atoms with E-state index in [0.717, 1.165) is 17.0 Å². The molecule has 3 heterocycles. The average molecular weight is 453 g/mol. The zero-order valence-corrected chi connectivity index (χ0v) is 18.9. The fraction of sp³-hybridized carbons (Fsp3) is 0.111. The molecular formula is C27H20N2O3S. The lowest BCUT2D eigenvalue weighted by Gasteiger charge is -2.27. The third kappa shape index (κ3) is 3.05. The molecule has 33 heavy (non-hydrogen) atoms. The van der Waals surface area contributed by atoms with Gasteiger partial charge in [-0.3, -0.25) is 4.79 Å². The number of allylic oxidation sites excluding steroid dienone is 9. The molecule has 3 aliphatic heterocycles. The quantitative estimate of drug-likeness (QED) is 0.466. The van der Waals surface area contributed by atoms with Crippen molar-refractivity contribution in [2.45, 2.75) is 24.2 Å². The topological polar surface area (TPSA) is 78.2 Å². The lowest BCUT2D eigenvalue weighted by molar-refractivity contribution is 0.104. The van der Waals surface area contributed by atoms with Crippen molar-refractivity contribution in [1.29, 1.82) is 5.26 Å². The first-order chi connectivity index (χ1) is 15.8. The molecular weight excluding hydrogens is 432 g/mol. The number of sulfone groups is 1. The number of benzene rings is 2. The van der Waals surface area contributed by atoms with E-state index in [1.165, 1.54) is 29.8 Å². The molecule has 3 aliphatic rings. The second-order valence-corrected chi connectivity index (χ2v) is 10.4. The lowest BCUT2D eigenvalue weighted by atomic mass is 9.82. The number of anilines is 1. The number of nitrogens with zero attached hydrogens (tertiary/aromatic N) is 2. The van der Waals surface area contributed by atoms with E-state index in [2.05, 4.69) is 36.9 Å². The Bertz CT molecular complexity index is 1530. The van der Waals surface area contributed by atoms with Gasteiger partial charge in [-0.1, -0.05) is 50.3 Å². The van der Waals surface area contributed by atoms with Gasteiger partial charge in [0.15, 0.2) is 0 Å². The molecule has 6 heteroatoms. The maximum absolute atomic E-state index is 12.7. The lowest BCUT2D eigenvalue weighted by Crippen LogP contribution is -2.24. The van der Waals surface area contributed by atoms with E-state index in [1.807, 2.05) is 30.5 Å². The number of hydrogen-bond acceptors (Lipinski definition) is 5. The van der Waals surface area contributed by atoms with Crippen LogP contribution in [0.15, 0.2) is 112 Å². The van der Waals surface area contributed by atoms with Crippen LogP contribution in [0, 0.1) is 11.3 Å². The molecule has 0 fully saturated rings. The first-order valence-electron chi connectivity index (χ1n) is 10.5. The van der Waals surface area contributed by atoms with Crippen molar-refractivity contribution in [3.8, 4) is 6.07 Å². The highest BCUT2D eigenvalue weighted by Crippen LogP contribution is 2.49. The summed E-state index contributed by atoms with van der Waals surface area (Å²) in [6, 6.07) is 16.6. The fourth-order valence-electron chi connectivity index (χ4n) is 4.57. The van der Waals surface area contributed by atoms with E-state index in [1.54, 1.807) is 18.2 Å². The van der Waals surface area contributed by atoms with Crippen LogP contribution in [0.2, 0.25) is 0 Å². The summed E-state index contributed by atoms with van der Waals surface area (Å²) in [5, 5.41) is 9.77. The van der Waals surface area contributed by atoms with Crippen molar-refractivity contribution in [2.75, 3.05) is 4.90 Å². The molecule has 0 N–H and O–H groups in total. The maximum atomic E-state index is 12.7. The molecule has 5 nitrogen and oxygen atoms in total. The Morgan fingerprint density at radius 3 is 2.58 bits per heavy atom. The Morgan fingerprint density at radius 1 is 1.09 bits per heavy atom. The minimum atomic E-state index is -3.85. The van der Waals surface area contributed by atoms with Crippen LogP contribution in [0.4, 0.5) is 5.69 Å². The average Bonchev–Trinajstić information content (AvgIpc) is 3.16. The predicted octanol–water partition coefficient (Wildman–Crippen LogP) is 5.13. The molecule has 2 aromatic rings. The summed E-state index contributed by atoms with van der Waals surface area (Å²) >= 11 is 0. The summed E-state index contributed by atoms with van der Waals surface area (Å²) < 4.78 is 25.4. The molecule has 0 spiro atoms. The minimum absolute atomic E-state index is 0.0246. The van der Waals surface area contributed by atoms with Gasteiger partial charge in [-0.05, 0) is 53.6 Å². The van der Waals surface area contributed by atoms with E-state index >= 15 is 0 Å². The highest BCUT2D eigenvalue weighted by Gasteiger charge is 2.40. The molecule has 0 unspecified atom stereocenters. The van der Waals surface area contributed by atoms with Crippen LogP contribution < -0.4 is 4.90 Å². The van der Waals surface area contributed by atoms with Crippen LogP contribution in [0.5, 0.6) is 0 Å². The first-order valence-corrected chi connectivity index (χ1v) is 12.0. The first kappa shape index (κ1) is 20.9. The van der Waals surface area contributed by atoms with E-state index in [4.69, 9.17) is 0 Å². The number of carbonyl (C=O) groups is 1. The van der Waals surface area contributed by atoms with Crippen molar-refractivity contribution < 1.29 is 13.2 Å². The molecule has 0 amide bonds. The molecule has 0 saturated carbocycles. The van der Waals surface area contributed by atoms with Crippen molar-refractivity contribution >= 4 is 21.3 Å². The molecule has 0 atom stereocenters. The number of ketones is 1. The molecule has 0 bridgehead atoms. The number of Topliss-reactive ketones (excluding diaryl/α,β-unsaturated/α-hetero) is 1. The van der Waals surface area contributed by atoms with Gasteiger partial charge in [0.25, 0.3) is 0 Å². The Morgan fingerprint density at radius 2 is 1.82 bits per heavy atom. The van der Waals surface area contributed by atoms with Gasteiger partial charge in [-0.25, -0.2) is 8.42 Å². The van der Waals surface area contributed by atoms with Gasteiger partial charge < -0.3 is 4.90 Å². The van der Waals surface area contributed by atoms with Gasteiger partial charge in [0.05, 0.1) is 16.5 Å². The summed E-state index contributed by atoms with van der Waals surface area (Å²) in [5.41, 5.74) is 4.45. The molecule has 162 valence electrons. The van der Waals surface area contributed by atoms with Crippen LogP contribution >= 0.6 is 0 Å². The van der Waals surface area contributed by atoms with Crippen LogP contribution in [-0.4, -0.2) is 14.2 Å². The fourth-order valence-corrected chi connectivity index (χ4v) is 6.12. The van der Waals surface area contributed by atoms with Crippen LogP contribution in [0.1, 0.15) is 29.8 Å². The summed E-state index contributed by atoms with van der Waals surface area (Å²) in [7, 11) is -3.85. The summed E-state index contributed by atoms with van der Waals surface area (Å²) in [4.78, 5) is 14.4. The number of carbonyl (C=O) groups excluding carboxylic acids is 1. The van der Waals surface area contributed by atoms with Gasteiger partial charge in [0.2, 0.25) is 15.6 Å². The summed E-state index contributed by atoms with van der Waals surface area (Å²) in [6.45, 7) is 4.30. The monoisotopic (exact) mass is 452 g/mol. The standard InChI is InChI=1S/C27H20N2O3S/c1-27(2)21-10-4-5-11-22(21)29-15-14-18(16-25(27)29)19(17-28)8-7-13-24-26(30)20-9-3-6-12-23(20)33(24,31)32/h3-16H,1-2H3/b8-7+,19-18+,24-13-. The highest BCUT2D eigenvalue weighted by molar-refractivity contribution is 7.97. The second kappa shape index (κ2) is 7.29. The summed E-state index contributed by atoms with van der Waals surface area (Å²) in [5.74, 6) is -0.526. The Hall–Kier alpha value is -3.95. The molecule has 0 saturated heterocycles. The van der Waals surface area contributed by atoms with Crippen molar-refractivity contribution in [1.82, 2.24) is 0 Å². The zero-order chi connectivity index (χ0) is 23.4. The SMILES string of the molecule is CC1(C)C2=C\C(=C(C#N)/C=C/C=C3/C(=O)c4ccccc4S3(=O)=O)C=CN2c2ccccc21. The Kier molecular flexibility index (Phi) is 4.62.